The lowest BCUT2D eigenvalue weighted by Crippen LogP contribution is -2.53. The number of hydrogen-bond donors (Lipinski definition) is 0. The monoisotopic (exact) mass is 412 g/mol. The van der Waals surface area contributed by atoms with Crippen molar-refractivity contribution >= 4 is 35.4 Å². The minimum absolute atomic E-state index is 0.0480. The highest BCUT2D eigenvalue weighted by molar-refractivity contribution is 7.99. The van der Waals surface area contributed by atoms with Crippen molar-refractivity contribution in [1.82, 2.24) is 9.80 Å². The molecule has 8 heteroatoms. The van der Waals surface area contributed by atoms with Crippen molar-refractivity contribution in [1.29, 1.82) is 0 Å². The van der Waals surface area contributed by atoms with Gasteiger partial charge in [0.1, 0.15) is 17.0 Å². The highest BCUT2D eigenvalue weighted by Gasteiger charge is 2.45. The van der Waals surface area contributed by atoms with Gasteiger partial charge < -0.3 is 14.4 Å². The number of carbonyl (C=O) groups is 2. The van der Waals surface area contributed by atoms with Gasteiger partial charge in [-0.05, 0) is 38.5 Å². The summed E-state index contributed by atoms with van der Waals surface area (Å²) in [5.74, 6) is 0.482. The average molecular weight is 413 g/mol. The first-order valence-electron chi connectivity index (χ1n) is 9.01. The predicted octanol–water partition coefficient (Wildman–Crippen LogP) is 3.55. The van der Waals surface area contributed by atoms with Gasteiger partial charge in [-0.2, -0.15) is 0 Å². The fraction of sp³-hybridized carbons (Fsp3) is 0.579. The van der Waals surface area contributed by atoms with Crippen LogP contribution < -0.4 is 0 Å². The van der Waals surface area contributed by atoms with Crippen LogP contribution in [0.25, 0.3) is 0 Å². The summed E-state index contributed by atoms with van der Waals surface area (Å²) in [7, 11) is 0. The summed E-state index contributed by atoms with van der Waals surface area (Å²) in [6, 6.07) is 6.81. The van der Waals surface area contributed by atoms with E-state index in [0.29, 0.717) is 37.1 Å². The first-order valence-corrected chi connectivity index (χ1v) is 10.4. The number of carbonyl (C=O) groups excluding carboxylic acids is 2. The molecule has 27 heavy (non-hydrogen) atoms. The maximum atomic E-state index is 13.1. The Kier molecular flexibility index (Phi) is 6.23. The lowest BCUT2D eigenvalue weighted by Gasteiger charge is -2.35. The van der Waals surface area contributed by atoms with Crippen LogP contribution in [0.1, 0.15) is 31.7 Å². The van der Waals surface area contributed by atoms with Crippen LogP contribution >= 0.6 is 23.4 Å². The van der Waals surface area contributed by atoms with E-state index in [2.05, 4.69) is 0 Å². The molecular weight excluding hydrogens is 388 g/mol. The molecule has 0 N–H and O–H groups in total. The molecule has 1 aromatic rings. The van der Waals surface area contributed by atoms with Crippen LogP contribution in [0.3, 0.4) is 0 Å². The number of benzene rings is 1. The standard InChI is InChI=1S/C19H25ClN2O4S/c1-19(2,3)26-18(24)22-15(16(23)21-8-10-25-11-9-21)12-27-17(22)13-4-6-14(20)7-5-13/h4-7,15,17H,8-12H2,1-3H3. The lowest BCUT2D eigenvalue weighted by molar-refractivity contribution is -0.140. The van der Waals surface area contributed by atoms with Crippen LogP contribution in [0.2, 0.25) is 5.02 Å². The Balaban J connectivity index is 1.86. The molecule has 0 aliphatic carbocycles. The van der Waals surface area contributed by atoms with Gasteiger partial charge in [0.05, 0.1) is 13.2 Å². The number of nitrogens with zero attached hydrogens (tertiary/aromatic N) is 2. The molecule has 3 rings (SSSR count). The lowest BCUT2D eigenvalue weighted by atomic mass is 10.1. The van der Waals surface area contributed by atoms with Gasteiger partial charge in [-0.3, -0.25) is 9.69 Å². The third-order valence-corrected chi connectivity index (χ3v) is 5.94. The fourth-order valence-electron chi connectivity index (χ4n) is 3.11. The van der Waals surface area contributed by atoms with E-state index in [1.807, 2.05) is 32.9 Å². The molecule has 148 valence electrons. The van der Waals surface area contributed by atoms with Gasteiger partial charge in [-0.25, -0.2) is 4.79 Å². The molecule has 2 amide bonds. The van der Waals surface area contributed by atoms with Gasteiger partial charge in [-0.15, -0.1) is 11.8 Å². The highest BCUT2D eigenvalue weighted by atomic mass is 35.5. The first-order chi connectivity index (χ1) is 12.8. The Morgan fingerprint density at radius 1 is 1.19 bits per heavy atom. The van der Waals surface area contributed by atoms with Crippen molar-refractivity contribution in [2.45, 2.75) is 37.8 Å². The zero-order valence-electron chi connectivity index (χ0n) is 15.8. The molecule has 2 aliphatic rings. The summed E-state index contributed by atoms with van der Waals surface area (Å²) in [5, 5.41) is 0.346. The molecular formula is C19H25ClN2O4S. The number of amides is 2. The van der Waals surface area contributed by atoms with Crippen LogP contribution in [-0.4, -0.2) is 65.5 Å². The van der Waals surface area contributed by atoms with Crippen molar-refractivity contribution in [3.63, 3.8) is 0 Å². The Bertz CT molecular complexity index is 686. The number of rotatable bonds is 2. The summed E-state index contributed by atoms with van der Waals surface area (Å²) in [4.78, 5) is 29.4. The SMILES string of the molecule is CC(C)(C)OC(=O)N1C(C(=O)N2CCOCC2)CSC1c1ccc(Cl)cc1. The molecule has 0 spiro atoms. The van der Waals surface area contributed by atoms with Crippen LogP contribution in [0.15, 0.2) is 24.3 Å². The first kappa shape index (κ1) is 20.3. The Labute approximate surface area is 169 Å². The molecule has 2 atom stereocenters. The number of halogens is 1. The van der Waals surface area contributed by atoms with E-state index >= 15 is 0 Å². The third-order valence-electron chi connectivity index (χ3n) is 4.37. The van der Waals surface area contributed by atoms with E-state index in [1.165, 1.54) is 0 Å². The van der Waals surface area contributed by atoms with E-state index in [1.54, 1.807) is 33.7 Å². The zero-order valence-corrected chi connectivity index (χ0v) is 17.4. The normalized spacial score (nSPS) is 23.4. The van der Waals surface area contributed by atoms with Crippen molar-refractivity contribution in [3.8, 4) is 0 Å². The second kappa shape index (κ2) is 8.29. The molecule has 0 aromatic heterocycles. The summed E-state index contributed by atoms with van der Waals surface area (Å²) < 4.78 is 11.0. The summed E-state index contributed by atoms with van der Waals surface area (Å²) in [5.41, 5.74) is 0.286. The maximum absolute atomic E-state index is 13.1. The quantitative estimate of drug-likeness (QED) is 0.743. The summed E-state index contributed by atoms with van der Waals surface area (Å²) in [6.45, 7) is 7.62. The second-order valence-electron chi connectivity index (χ2n) is 7.58. The number of thioether (sulfide) groups is 1. The Morgan fingerprint density at radius 2 is 1.81 bits per heavy atom. The van der Waals surface area contributed by atoms with Gasteiger partial charge >= 0.3 is 6.09 Å². The van der Waals surface area contributed by atoms with Gasteiger partial charge in [0, 0.05) is 23.9 Å². The van der Waals surface area contributed by atoms with E-state index in [4.69, 9.17) is 21.1 Å². The van der Waals surface area contributed by atoms with Gasteiger partial charge in [0.2, 0.25) is 5.91 Å². The molecule has 6 nitrogen and oxygen atoms in total. The van der Waals surface area contributed by atoms with E-state index in [-0.39, 0.29) is 11.3 Å². The molecule has 0 radical (unpaired) electrons. The van der Waals surface area contributed by atoms with Crippen LogP contribution in [0.5, 0.6) is 0 Å². The fourth-order valence-corrected chi connectivity index (χ4v) is 4.65. The van der Waals surface area contributed by atoms with Gasteiger partial charge in [0.25, 0.3) is 0 Å². The zero-order chi connectivity index (χ0) is 19.6. The van der Waals surface area contributed by atoms with Crippen LogP contribution in [0, 0.1) is 0 Å². The van der Waals surface area contributed by atoms with Gasteiger partial charge in [-0.1, -0.05) is 23.7 Å². The molecule has 2 fully saturated rings. The number of hydrogen-bond acceptors (Lipinski definition) is 5. The molecule has 1 aromatic carbocycles. The van der Waals surface area contributed by atoms with Crippen molar-refractivity contribution in [2.75, 3.05) is 32.1 Å². The van der Waals surface area contributed by atoms with E-state index in [0.717, 1.165) is 5.56 Å². The Morgan fingerprint density at radius 3 is 2.41 bits per heavy atom. The smallest absolute Gasteiger partial charge is 0.412 e. The summed E-state index contributed by atoms with van der Waals surface area (Å²) >= 11 is 7.57. The largest absolute Gasteiger partial charge is 0.444 e. The predicted molar refractivity (Wildman–Crippen MR) is 106 cm³/mol. The van der Waals surface area contributed by atoms with E-state index < -0.39 is 17.7 Å². The molecule has 0 bridgehead atoms. The Hall–Kier alpha value is -1.44. The number of ether oxygens (including phenoxy) is 2. The van der Waals surface area contributed by atoms with Gasteiger partial charge in [0.15, 0.2) is 0 Å². The van der Waals surface area contributed by atoms with Crippen LogP contribution in [-0.2, 0) is 14.3 Å². The third kappa shape index (κ3) is 4.89. The molecule has 2 aliphatic heterocycles. The van der Waals surface area contributed by atoms with Crippen molar-refractivity contribution in [2.24, 2.45) is 0 Å². The van der Waals surface area contributed by atoms with Crippen LogP contribution in [0.4, 0.5) is 4.79 Å². The summed E-state index contributed by atoms with van der Waals surface area (Å²) in [6.07, 6.45) is -0.473. The maximum Gasteiger partial charge on any atom is 0.412 e. The minimum atomic E-state index is -0.637. The molecule has 2 unspecified atom stereocenters. The van der Waals surface area contributed by atoms with Crippen molar-refractivity contribution in [3.05, 3.63) is 34.9 Å². The van der Waals surface area contributed by atoms with Crippen molar-refractivity contribution < 1.29 is 19.1 Å². The van der Waals surface area contributed by atoms with E-state index in [9.17, 15) is 9.59 Å². The highest BCUT2D eigenvalue weighted by Crippen LogP contribution is 2.43. The topological polar surface area (TPSA) is 59.1 Å². The average Bonchev–Trinajstić information content (AvgIpc) is 3.06. The second-order valence-corrected chi connectivity index (χ2v) is 9.13. The molecule has 2 heterocycles. The molecule has 2 saturated heterocycles. The molecule has 0 saturated carbocycles. The minimum Gasteiger partial charge on any atom is -0.444 e. The number of morpholine rings is 1.